The average Bonchev–Trinajstić information content (AvgIpc) is 2.83. The number of methoxy groups -OCH3 is 1. The van der Waals surface area contributed by atoms with Gasteiger partial charge in [0.05, 0.1) is 16.5 Å². The highest BCUT2D eigenvalue weighted by Gasteiger charge is 2.17. The summed E-state index contributed by atoms with van der Waals surface area (Å²) in [6.45, 7) is 2.33. The summed E-state index contributed by atoms with van der Waals surface area (Å²) in [7, 11) is 1.49. The van der Waals surface area contributed by atoms with Crippen LogP contribution in [0, 0.1) is 28.4 Å². The second kappa shape index (κ2) is 11.5. The summed E-state index contributed by atoms with van der Waals surface area (Å²) in [4.78, 5) is 23.0. The minimum absolute atomic E-state index is 0.0642. The molecule has 178 valence electrons. The minimum atomic E-state index is -0.737. The number of aryl methyl sites for hydroxylation is 1. The summed E-state index contributed by atoms with van der Waals surface area (Å²) in [6, 6.07) is 16.9. The zero-order chi connectivity index (χ0) is 25.5. The van der Waals surface area contributed by atoms with Gasteiger partial charge in [-0.1, -0.05) is 41.4 Å². The van der Waals surface area contributed by atoms with Gasteiger partial charge in [0.25, 0.3) is 11.6 Å². The number of carbonyl (C=O) groups excluding carboxylic acids is 1. The van der Waals surface area contributed by atoms with Crippen LogP contribution in [-0.4, -0.2) is 17.9 Å². The van der Waals surface area contributed by atoms with E-state index in [1.54, 1.807) is 12.1 Å². The zero-order valence-corrected chi connectivity index (χ0v) is 21.0. The molecule has 3 aromatic carbocycles. The van der Waals surface area contributed by atoms with Crippen LogP contribution in [0.4, 0.5) is 11.4 Å². The molecule has 0 radical (unpaired) electrons. The molecule has 0 heterocycles. The number of nitro benzene ring substituents is 1. The lowest BCUT2D eigenvalue weighted by molar-refractivity contribution is -0.384. The highest BCUT2D eigenvalue weighted by molar-refractivity contribution is 9.10. The Morgan fingerprint density at radius 3 is 2.57 bits per heavy atom. The third-order valence-corrected chi connectivity index (χ3v) is 5.74. The zero-order valence-electron chi connectivity index (χ0n) is 18.7. The Bertz CT molecular complexity index is 1350. The minimum Gasteiger partial charge on any atom is -0.493 e. The SMILES string of the molecule is COc1cc(/C=C(\C#N)C(=O)Nc2ccc(Cl)c([N+](=O)[O-])c2)cc(Br)c1OCc1ccc(C)cc1. The number of rotatable bonds is 8. The van der Waals surface area contributed by atoms with Gasteiger partial charge in [0.15, 0.2) is 11.5 Å². The number of anilines is 1. The normalized spacial score (nSPS) is 10.9. The number of hydrogen-bond donors (Lipinski definition) is 1. The van der Waals surface area contributed by atoms with Crippen LogP contribution in [-0.2, 0) is 11.4 Å². The van der Waals surface area contributed by atoms with E-state index in [4.69, 9.17) is 21.1 Å². The average molecular weight is 557 g/mol. The maximum absolute atomic E-state index is 12.6. The molecule has 3 rings (SSSR count). The number of amides is 1. The van der Waals surface area contributed by atoms with Gasteiger partial charge in [-0.3, -0.25) is 14.9 Å². The smallest absolute Gasteiger partial charge is 0.289 e. The summed E-state index contributed by atoms with van der Waals surface area (Å²) in [5.74, 6) is 0.143. The molecule has 0 fully saturated rings. The van der Waals surface area contributed by atoms with Crippen LogP contribution >= 0.6 is 27.5 Å². The van der Waals surface area contributed by atoms with Crippen LogP contribution in [0.5, 0.6) is 11.5 Å². The van der Waals surface area contributed by atoms with Gasteiger partial charge < -0.3 is 14.8 Å². The van der Waals surface area contributed by atoms with Crippen LogP contribution in [0.1, 0.15) is 16.7 Å². The molecule has 0 aliphatic heterocycles. The molecular formula is C25H19BrClN3O5. The summed E-state index contributed by atoms with van der Waals surface area (Å²) < 4.78 is 12.0. The highest BCUT2D eigenvalue weighted by Crippen LogP contribution is 2.38. The standard InChI is InChI=1S/C25H19BrClN3O5/c1-15-3-5-16(6-4-15)14-35-24-20(26)10-17(11-23(24)34-2)9-18(13-28)25(31)29-19-7-8-21(27)22(12-19)30(32)33/h3-12H,14H2,1-2H3,(H,29,31)/b18-9+. The second-order valence-corrected chi connectivity index (χ2v) is 8.62. The fourth-order valence-electron chi connectivity index (χ4n) is 3.05. The number of nitriles is 1. The quantitative estimate of drug-likeness (QED) is 0.148. The number of hydrogen-bond acceptors (Lipinski definition) is 6. The van der Waals surface area contributed by atoms with Crippen LogP contribution in [0.2, 0.25) is 5.02 Å². The molecule has 0 saturated carbocycles. The fourth-order valence-corrected chi connectivity index (χ4v) is 3.81. The number of nitrogens with one attached hydrogen (secondary N) is 1. The fraction of sp³-hybridized carbons (Fsp3) is 0.120. The predicted molar refractivity (Wildman–Crippen MR) is 137 cm³/mol. The van der Waals surface area contributed by atoms with E-state index < -0.39 is 10.8 Å². The molecule has 0 bridgehead atoms. The Hall–Kier alpha value is -3.87. The largest absolute Gasteiger partial charge is 0.493 e. The van der Waals surface area contributed by atoms with Gasteiger partial charge in [-0.05, 0) is 64.3 Å². The molecule has 35 heavy (non-hydrogen) atoms. The van der Waals surface area contributed by atoms with Crippen molar-refractivity contribution in [1.29, 1.82) is 5.26 Å². The Morgan fingerprint density at radius 1 is 1.23 bits per heavy atom. The first-order valence-electron chi connectivity index (χ1n) is 10.1. The van der Waals surface area contributed by atoms with Crippen LogP contribution in [0.3, 0.4) is 0 Å². The van der Waals surface area contributed by atoms with E-state index in [1.807, 2.05) is 37.3 Å². The third-order valence-electron chi connectivity index (χ3n) is 4.83. The molecule has 1 N–H and O–H groups in total. The Kier molecular flexibility index (Phi) is 8.47. The molecule has 0 aromatic heterocycles. The Balaban J connectivity index is 1.82. The number of halogens is 2. The lowest BCUT2D eigenvalue weighted by Crippen LogP contribution is -2.13. The third kappa shape index (κ3) is 6.59. The number of carbonyl (C=O) groups is 1. The molecular weight excluding hydrogens is 538 g/mol. The molecule has 0 saturated heterocycles. The van der Waals surface area contributed by atoms with E-state index in [0.717, 1.165) is 17.2 Å². The van der Waals surface area contributed by atoms with E-state index in [1.165, 1.54) is 25.3 Å². The topological polar surface area (TPSA) is 114 Å². The van der Waals surface area contributed by atoms with Gasteiger partial charge in [-0.2, -0.15) is 5.26 Å². The molecule has 8 nitrogen and oxygen atoms in total. The molecule has 3 aromatic rings. The van der Waals surface area contributed by atoms with Crippen molar-refractivity contribution < 1.29 is 19.2 Å². The van der Waals surface area contributed by atoms with Crippen molar-refractivity contribution in [2.75, 3.05) is 12.4 Å². The van der Waals surface area contributed by atoms with E-state index in [0.29, 0.717) is 28.1 Å². The van der Waals surface area contributed by atoms with E-state index >= 15 is 0 Å². The first-order valence-corrected chi connectivity index (χ1v) is 11.3. The summed E-state index contributed by atoms with van der Waals surface area (Å²) in [6.07, 6.45) is 1.37. The summed E-state index contributed by atoms with van der Waals surface area (Å²) >= 11 is 9.26. The van der Waals surface area contributed by atoms with Crippen LogP contribution < -0.4 is 14.8 Å². The second-order valence-electron chi connectivity index (χ2n) is 7.36. The van der Waals surface area contributed by atoms with Gasteiger partial charge in [0.1, 0.15) is 23.3 Å². The monoisotopic (exact) mass is 555 g/mol. The van der Waals surface area contributed by atoms with Crippen LogP contribution in [0.15, 0.2) is 64.6 Å². The van der Waals surface area contributed by atoms with Crippen molar-refractivity contribution in [2.24, 2.45) is 0 Å². The van der Waals surface area contributed by atoms with E-state index in [2.05, 4.69) is 21.2 Å². The first kappa shape index (κ1) is 25.7. The van der Waals surface area contributed by atoms with Gasteiger partial charge in [0, 0.05) is 11.8 Å². The van der Waals surface area contributed by atoms with Gasteiger partial charge in [-0.25, -0.2) is 0 Å². The predicted octanol–water partition coefficient (Wildman–Crippen LogP) is 6.45. The highest BCUT2D eigenvalue weighted by atomic mass is 79.9. The maximum atomic E-state index is 12.6. The Labute approximate surface area is 215 Å². The Morgan fingerprint density at radius 2 is 1.94 bits per heavy atom. The molecule has 0 aliphatic carbocycles. The molecule has 0 unspecified atom stereocenters. The van der Waals surface area contributed by atoms with Gasteiger partial charge in [-0.15, -0.1) is 0 Å². The van der Waals surface area contributed by atoms with Crippen molar-refractivity contribution in [3.05, 3.63) is 96.5 Å². The maximum Gasteiger partial charge on any atom is 0.289 e. The van der Waals surface area contributed by atoms with Gasteiger partial charge in [0.2, 0.25) is 0 Å². The lowest BCUT2D eigenvalue weighted by Gasteiger charge is -2.14. The van der Waals surface area contributed by atoms with Crippen molar-refractivity contribution >= 4 is 50.9 Å². The first-order chi connectivity index (χ1) is 16.7. The van der Waals surface area contributed by atoms with Gasteiger partial charge >= 0.3 is 0 Å². The van der Waals surface area contributed by atoms with E-state index in [-0.39, 0.29) is 22.0 Å². The number of benzene rings is 3. The van der Waals surface area contributed by atoms with Crippen molar-refractivity contribution in [2.45, 2.75) is 13.5 Å². The number of ether oxygens (including phenoxy) is 2. The molecule has 0 atom stereocenters. The molecule has 0 spiro atoms. The van der Waals surface area contributed by atoms with Crippen molar-refractivity contribution in [1.82, 2.24) is 0 Å². The summed E-state index contributed by atoms with van der Waals surface area (Å²) in [5, 5.41) is 23.0. The molecule has 10 heteroatoms. The van der Waals surface area contributed by atoms with Crippen molar-refractivity contribution in [3.63, 3.8) is 0 Å². The van der Waals surface area contributed by atoms with E-state index in [9.17, 15) is 20.2 Å². The number of nitrogens with zero attached hydrogens (tertiary/aromatic N) is 2. The number of nitro groups is 1. The van der Waals surface area contributed by atoms with Crippen molar-refractivity contribution in [3.8, 4) is 17.6 Å². The lowest BCUT2D eigenvalue weighted by atomic mass is 10.1. The molecule has 1 amide bonds. The van der Waals surface area contributed by atoms with Crippen LogP contribution in [0.25, 0.3) is 6.08 Å². The summed E-state index contributed by atoms with van der Waals surface area (Å²) in [5.41, 5.74) is 2.19. The molecule has 0 aliphatic rings.